The first kappa shape index (κ1) is 13.4. The predicted molar refractivity (Wildman–Crippen MR) is 71.7 cm³/mol. The lowest BCUT2D eigenvalue weighted by atomic mass is 10.2. The van der Waals surface area contributed by atoms with Gasteiger partial charge in [0.1, 0.15) is 17.9 Å². The Hall–Kier alpha value is -1.07. The van der Waals surface area contributed by atoms with Crippen molar-refractivity contribution in [3.63, 3.8) is 0 Å². The van der Waals surface area contributed by atoms with Crippen LogP contribution in [0.4, 0.5) is 0 Å². The Bertz CT molecular complexity index is 450. The van der Waals surface area contributed by atoms with Crippen molar-refractivity contribution >= 4 is 21.9 Å². The molecular formula is C13H16BrNO3. The van der Waals surface area contributed by atoms with E-state index in [-0.39, 0.29) is 18.1 Å². The Balaban J connectivity index is 1.97. The third kappa shape index (κ3) is 3.03. The van der Waals surface area contributed by atoms with Gasteiger partial charge >= 0.3 is 5.97 Å². The second-order valence-electron chi connectivity index (χ2n) is 4.37. The average Bonchev–Trinajstić information content (AvgIpc) is 2.80. The molecule has 1 aliphatic rings. The minimum absolute atomic E-state index is 0.00831. The highest BCUT2D eigenvalue weighted by Gasteiger charge is 2.31. The topological polar surface area (TPSA) is 47.6 Å². The third-order valence-electron chi connectivity index (χ3n) is 3.01. The van der Waals surface area contributed by atoms with Crippen molar-refractivity contribution < 1.29 is 14.3 Å². The summed E-state index contributed by atoms with van der Waals surface area (Å²) in [4.78, 5) is 11.4. The quantitative estimate of drug-likeness (QED) is 0.868. The zero-order valence-corrected chi connectivity index (χ0v) is 12.0. The molecule has 2 rings (SSSR count). The Kier molecular flexibility index (Phi) is 4.24. The van der Waals surface area contributed by atoms with Crippen molar-refractivity contribution in [1.29, 1.82) is 0 Å². The molecule has 0 spiro atoms. The number of ether oxygens (including phenoxy) is 2. The molecular weight excluding hydrogens is 298 g/mol. The first-order valence-electron chi connectivity index (χ1n) is 5.84. The van der Waals surface area contributed by atoms with E-state index in [0.29, 0.717) is 13.0 Å². The molecule has 0 saturated carbocycles. The van der Waals surface area contributed by atoms with Gasteiger partial charge in [-0.05, 0) is 30.7 Å². The number of esters is 1. The molecule has 5 heteroatoms. The minimum Gasteiger partial charge on any atom is -0.489 e. The first-order chi connectivity index (χ1) is 8.60. The van der Waals surface area contributed by atoms with Gasteiger partial charge in [-0.3, -0.25) is 4.79 Å². The molecule has 18 heavy (non-hydrogen) atoms. The molecule has 0 amide bonds. The first-order valence-corrected chi connectivity index (χ1v) is 6.63. The van der Waals surface area contributed by atoms with Gasteiger partial charge in [-0.15, -0.1) is 0 Å². The molecule has 1 heterocycles. The number of rotatable bonds is 3. The number of carbonyl (C=O) groups excluding carboxylic acids is 1. The van der Waals surface area contributed by atoms with E-state index in [0.717, 1.165) is 15.8 Å². The number of aryl methyl sites for hydroxylation is 1. The van der Waals surface area contributed by atoms with Crippen molar-refractivity contribution in [2.24, 2.45) is 0 Å². The molecule has 1 fully saturated rings. The van der Waals surface area contributed by atoms with E-state index < -0.39 is 0 Å². The van der Waals surface area contributed by atoms with Crippen LogP contribution in [0.1, 0.15) is 12.0 Å². The summed E-state index contributed by atoms with van der Waals surface area (Å²) in [7, 11) is 1.40. The maximum absolute atomic E-state index is 11.4. The smallest absolute Gasteiger partial charge is 0.323 e. The van der Waals surface area contributed by atoms with Crippen molar-refractivity contribution in [2.45, 2.75) is 25.5 Å². The van der Waals surface area contributed by atoms with E-state index >= 15 is 0 Å². The van der Waals surface area contributed by atoms with Crippen molar-refractivity contribution in [2.75, 3.05) is 13.7 Å². The lowest BCUT2D eigenvalue weighted by molar-refractivity contribution is -0.142. The third-order valence-corrected chi connectivity index (χ3v) is 3.50. The summed E-state index contributed by atoms with van der Waals surface area (Å²) in [5.41, 5.74) is 1.07. The van der Waals surface area contributed by atoms with Crippen LogP contribution in [0, 0.1) is 6.92 Å². The van der Waals surface area contributed by atoms with Gasteiger partial charge in [0.05, 0.1) is 7.11 Å². The summed E-state index contributed by atoms with van der Waals surface area (Å²) in [6.45, 7) is 2.66. The Morgan fingerprint density at radius 3 is 2.94 bits per heavy atom. The van der Waals surface area contributed by atoms with Crippen molar-refractivity contribution in [1.82, 2.24) is 5.32 Å². The van der Waals surface area contributed by atoms with Gasteiger partial charge in [0.25, 0.3) is 0 Å². The van der Waals surface area contributed by atoms with Crippen LogP contribution in [0.25, 0.3) is 0 Å². The molecule has 0 bridgehead atoms. The summed E-state index contributed by atoms with van der Waals surface area (Å²) in [5, 5.41) is 3.10. The van der Waals surface area contributed by atoms with Crippen LogP contribution in [0.3, 0.4) is 0 Å². The van der Waals surface area contributed by atoms with E-state index in [1.807, 2.05) is 25.1 Å². The zero-order chi connectivity index (χ0) is 13.1. The number of hydrogen-bond donors (Lipinski definition) is 1. The van der Waals surface area contributed by atoms with E-state index in [4.69, 9.17) is 9.47 Å². The van der Waals surface area contributed by atoms with Crippen LogP contribution in [-0.2, 0) is 9.53 Å². The predicted octanol–water partition coefficient (Wildman–Crippen LogP) is 2.04. The summed E-state index contributed by atoms with van der Waals surface area (Å²) in [6, 6.07) is 5.64. The maximum atomic E-state index is 11.4. The van der Waals surface area contributed by atoms with Gasteiger partial charge in [-0.1, -0.05) is 15.9 Å². The largest absolute Gasteiger partial charge is 0.489 e. The highest BCUT2D eigenvalue weighted by molar-refractivity contribution is 9.10. The molecule has 1 aromatic carbocycles. The molecule has 2 atom stereocenters. The van der Waals surface area contributed by atoms with E-state index in [1.165, 1.54) is 7.11 Å². The minimum atomic E-state index is -0.254. The van der Waals surface area contributed by atoms with Crippen LogP contribution in [0.15, 0.2) is 22.7 Å². The molecule has 98 valence electrons. The summed E-state index contributed by atoms with van der Waals surface area (Å²) < 4.78 is 11.6. The number of hydrogen-bond acceptors (Lipinski definition) is 4. The molecule has 1 saturated heterocycles. The fourth-order valence-corrected chi connectivity index (χ4v) is 2.52. The normalized spacial score (nSPS) is 22.8. The second-order valence-corrected chi connectivity index (χ2v) is 5.29. The van der Waals surface area contributed by atoms with Gasteiger partial charge in [0.15, 0.2) is 0 Å². The lowest BCUT2D eigenvalue weighted by Gasteiger charge is -2.15. The number of halogens is 1. The summed E-state index contributed by atoms with van der Waals surface area (Å²) in [5.74, 6) is 0.629. The molecule has 0 aliphatic carbocycles. The fourth-order valence-electron chi connectivity index (χ4n) is 2.04. The maximum Gasteiger partial charge on any atom is 0.323 e. The number of nitrogens with one attached hydrogen (secondary N) is 1. The Morgan fingerprint density at radius 2 is 2.28 bits per heavy atom. The number of benzene rings is 1. The van der Waals surface area contributed by atoms with E-state index in [9.17, 15) is 4.79 Å². The monoisotopic (exact) mass is 313 g/mol. The standard InChI is InChI=1S/C13H16BrNO3/c1-8-5-9(14)3-4-12(8)18-10-6-11(15-7-10)13(16)17-2/h3-5,10-11,15H,6-7H2,1-2H3/t10-,11-/m0/s1. The Morgan fingerprint density at radius 1 is 1.50 bits per heavy atom. The molecule has 1 aliphatic heterocycles. The molecule has 0 aromatic heterocycles. The van der Waals surface area contributed by atoms with Crippen LogP contribution in [-0.4, -0.2) is 31.8 Å². The van der Waals surface area contributed by atoms with Crippen molar-refractivity contribution in [3.8, 4) is 5.75 Å². The number of methoxy groups -OCH3 is 1. The zero-order valence-electron chi connectivity index (χ0n) is 10.4. The molecule has 1 N–H and O–H groups in total. The lowest BCUT2D eigenvalue weighted by Crippen LogP contribution is -2.31. The van der Waals surface area contributed by atoms with Gasteiger partial charge < -0.3 is 14.8 Å². The average molecular weight is 314 g/mol. The van der Waals surface area contributed by atoms with Crippen LogP contribution in [0.5, 0.6) is 5.75 Å². The molecule has 4 nitrogen and oxygen atoms in total. The van der Waals surface area contributed by atoms with E-state index in [1.54, 1.807) is 0 Å². The van der Waals surface area contributed by atoms with E-state index in [2.05, 4.69) is 21.2 Å². The second kappa shape index (κ2) is 5.71. The molecule has 0 radical (unpaired) electrons. The van der Waals surface area contributed by atoms with Gasteiger partial charge in [-0.2, -0.15) is 0 Å². The van der Waals surface area contributed by atoms with Crippen molar-refractivity contribution in [3.05, 3.63) is 28.2 Å². The Labute approximate surface area is 115 Å². The SMILES string of the molecule is COC(=O)[C@@H]1C[C@H](Oc2ccc(Br)cc2C)CN1. The van der Waals surface area contributed by atoms with Gasteiger partial charge in [-0.25, -0.2) is 0 Å². The van der Waals surface area contributed by atoms with Crippen LogP contribution in [0.2, 0.25) is 0 Å². The van der Waals surface area contributed by atoms with Crippen LogP contribution < -0.4 is 10.1 Å². The summed E-state index contributed by atoms with van der Waals surface area (Å²) in [6.07, 6.45) is 0.649. The highest BCUT2D eigenvalue weighted by Crippen LogP contribution is 2.25. The fraction of sp³-hybridized carbons (Fsp3) is 0.462. The summed E-state index contributed by atoms with van der Waals surface area (Å²) >= 11 is 3.42. The van der Waals surface area contributed by atoms with Crippen LogP contribution >= 0.6 is 15.9 Å². The van der Waals surface area contributed by atoms with Gasteiger partial charge in [0, 0.05) is 17.4 Å². The number of carbonyl (C=O) groups is 1. The van der Waals surface area contributed by atoms with Gasteiger partial charge in [0.2, 0.25) is 0 Å². The molecule has 0 unspecified atom stereocenters. The highest BCUT2D eigenvalue weighted by atomic mass is 79.9. The molecule has 1 aromatic rings.